The first-order valence-corrected chi connectivity index (χ1v) is 10.0. The first-order chi connectivity index (χ1) is 13.0. The van der Waals surface area contributed by atoms with E-state index in [1.165, 1.54) is 11.3 Å². The predicted octanol–water partition coefficient (Wildman–Crippen LogP) is 4.42. The maximum Gasteiger partial charge on any atom is 0.308 e. The molecule has 0 saturated carbocycles. The van der Waals surface area contributed by atoms with E-state index in [2.05, 4.69) is 15.9 Å². The third-order valence-corrected chi connectivity index (χ3v) is 6.41. The van der Waals surface area contributed by atoms with Crippen LogP contribution in [0.5, 0.6) is 5.75 Å². The summed E-state index contributed by atoms with van der Waals surface area (Å²) in [6, 6.07) is 15.2. The van der Waals surface area contributed by atoms with Crippen molar-refractivity contribution in [2.24, 2.45) is 7.05 Å². The van der Waals surface area contributed by atoms with Crippen molar-refractivity contribution in [1.29, 1.82) is 0 Å². The maximum absolute atomic E-state index is 13.1. The van der Waals surface area contributed by atoms with E-state index in [1.54, 1.807) is 23.6 Å². The molecule has 4 rings (SSSR count). The molecular weight excluding hydrogens is 428 g/mol. The number of rotatable bonds is 3. The highest BCUT2D eigenvalue weighted by Gasteiger charge is 2.37. The van der Waals surface area contributed by atoms with Crippen LogP contribution in [0.2, 0.25) is 0 Å². The van der Waals surface area contributed by atoms with Crippen LogP contribution in [0.3, 0.4) is 0 Å². The molecule has 3 aromatic rings. The van der Waals surface area contributed by atoms with E-state index in [1.807, 2.05) is 48.5 Å². The summed E-state index contributed by atoms with van der Waals surface area (Å²) >= 11 is 4.62. The Morgan fingerprint density at radius 2 is 1.89 bits per heavy atom. The van der Waals surface area contributed by atoms with Crippen molar-refractivity contribution in [3.05, 3.63) is 73.1 Å². The van der Waals surface area contributed by atoms with Gasteiger partial charge in [0.25, 0.3) is 0 Å². The van der Waals surface area contributed by atoms with Crippen molar-refractivity contribution in [2.75, 3.05) is 12.0 Å². The van der Waals surface area contributed by atoms with Crippen molar-refractivity contribution in [3.63, 3.8) is 0 Å². The van der Waals surface area contributed by atoms with Gasteiger partial charge in [0.05, 0.1) is 17.7 Å². The van der Waals surface area contributed by atoms with Crippen LogP contribution >= 0.6 is 27.3 Å². The van der Waals surface area contributed by atoms with Gasteiger partial charge in [-0.1, -0.05) is 39.4 Å². The molecule has 0 aliphatic carbocycles. The number of fused-ring (bicyclic) bond motifs is 1. The number of methoxy groups -OCH3 is 1. The lowest BCUT2D eigenvalue weighted by atomic mass is 9.90. The van der Waals surface area contributed by atoms with Gasteiger partial charge in [0.15, 0.2) is 0 Å². The molecule has 1 unspecified atom stereocenters. The second kappa shape index (κ2) is 6.98. The Labute approximate surface area is 168 Å². The molecule has 0 bridgehead atoms. The number of halogens is 1. The average Bonchev–Trinajstić information content (AvgIpc) is 2.97. The molecule has 1 amide bonds. The van der Waals surface area contributed by atoms with Gasteiger partial charge in [0.1, 0.15) is 11.6 Å². The van der Waals surface area contributed by atoms with Crippen LogP contribution in [-0.4, -0.2) is 17.6 Å². The van der Waals surface area contributed by atoms with Crippen LogP contribution in [-0.2, 0) is 11.8 Å². The minimum absolute atomic E-state index is 0.0361. The van der Waals surface area contributed by atoms with Gasteiger partial charge in [-0.2, -0.15) is 0 Å². The molecule has 1 aromatic heterocycles. The Morgan fingerprint density at radius 3 is 2.59 bits per heavy atom. The third kappa shape index (κ3) is 3.11. The van der Waals surface area contributed by atoms with Gasteiger partial charge in [-0.3, -0.25) is 19.1 Å². The van der Waals surface area contributed by atoms with Gasteiger partial charge in [-0.25, -0.2) is 0 Å². The Balaban J connectivity index is 1.88. The van der Waals surface area contributed by atoms with E-state index in [9.17, 15) is 9.59 Å². The van der Waals surface area contributed by atoms with Crippen molar-refractivity contribution in [3.8, 4) is 5.75 Å². The molecule has 1 aliphatic heterocycles. The molecular formula is C20H17BrN2O3S. The van der Waals surface area contributed by atoms with Crippen molar-refractivity contribution in [2.45, 2.75) is 12.3 Å². The fraction of sp³-hybridized carbons (Fsp3) is 0.200. The zero-order chi connectivity index (χ0) is 19.1. The van der Waals surface area contributed by atoms with Crippen LogP contribution in [0.15, 0.2) is 57.8 Å². The van der Waals surface area contributed by atoms with Crippen LogP contribution in [0.4, 0.5) is 11.5 Å². The minimum atomic E-state index is -0.159. The molecule has 1 atom stereocenters. The fourth-order valence-corrected chi connectivity index (χ4v) is 4.76. The van der Waals surface area contributed by atoms with E-state index in [0.717, 1.165) is 26.4 Å². The normalized spacial score (nSPS) is 16.3. The number of thiazole rings is 1. The summed E-state index contributed by atoms with van der Waals surface area (Å²) in [6.45, 7) is 0. The number of aromatic nitrogens is 1. The second-order valence-corrected chi connectivity index (χ2v) is 8.26. The molecule has 0 spiro atoms. The minimum Gasteiger partial charge on any atom is -0.497 e. The first-order valence-electron chi connectivity index (χ1n) is 8.41. The monoisotopic (exact) mass is 444 g/mol. The molecule has 138 valence electrons. The summed E-state index contributed by atoms with van der Waals surface area (Å²) in [5.41, 5.74) is 1.73. The van der Waals surface area contributed by atoms with Gasteiger partial charge in [-0.05, 0) is 42.0 Å². The number of ether oxygens (including phenoxy) is 1. The van der Waals surface area contributed by atoms with E-state index < -0.39 is 0 Å². The molecule has 0 saturated heterocycles. The number of hydrogen-bond acceptors (Lipinski definition) is 4. The van der Waals surface area contributed by atoms with Gasteiger partial charge in [0, 0.05) is 23.9 Å². The highest BCUT2D eigenvalue weighted by atomic mass is 79.9. The number of anilines is 2. The molecule has 1 aliphatic rings. The van der Waals surface area contributed by atoms with E-state index >= 15 is 0 Å². The molecule has 0 radical (unpaired) electrons. The highest BCUT2D eigenvalue weighted by molar-refractivity contribution is 9.10. The number of carbonyl (C=O) groups excluding carboxylic acids is 1. The summed E-state index contributed by atoms with van der Waals surface area (Å²) in [6.07, 6.45) is 0.302. The summed E-state index contributed by atoms with van der Waals surface area (Å²) in [5.74, 6) is 1.19. The van der Waals surface area contributed by atoms with E-state index in [0.29, 0.717) is 12.2 Å². The van der Waals surface area contributed by atoms with E-state index in [-0.39, 0.29) is 16.7 Å². The van der Waals surface area contributed by atoms with Crippen LogP contribution in [0.25, 0.3) is 0 Å². The number of amides is 1. The van der Waals surface area contributed by atoms with E-state index in [4.69, 9.17) is 4.74 Å². The third-order valence-electron chi connectivity index (χ3n) is 4.75. The molecule has 2 heterocycles. The van der Waals surface area contributed by atoms with Gasteiger partial charge < -0.3 is 4.74 Å². The number of hydrogen-bond donors (Lipinski definition) is 0. The first kappa shape index (κ1) is 18.0. The Hall–Kier alpha value is -2.38. The Morgan fingerprint density at radius 1 is 1.15 bits per heavy atom. The van der Waals surface area contributed by atoms with Crippen molar-refractivity contribution < 1.29 is 9.53 Å². The van der Waals surface area contributed by atoms with Crippen LogP contribution in [0, 0.1) is 0 Å². The Bertz CT molecular complexity index is 1070. The zero-order valence-corrected chi connectivity index (χ0v) is 17.2. The number of nitrogens with zero attached hydrogens (tertiary/aromatic N) is 2. The second-order valence-electron chi connectivity index (χ2n) is 6.35. The lowest BCUT2D eigenvalue weighted by Crippen LogP contribution is -2.34. The summed E-state index contributed by atoms with van der Waals surface area (Å²) < 4.78 is 7.82. The fourth-order valence-electron chi connectivity index (χ4n) is 3.41. The van der Waals surface area contributed by atoms with Gasteiger partial charge in [-0.15, -0.1) is 0 Å². The standard InChI is InChI=1S/C20H17BrN2O3S/c1-22-19-18(27-20(22)25)16(12-4-3-5-15(10-12)26-2)11-17(24)23(19)14-8-6-13(21)7-9-14/h3-10,16H,11H2,1-2H3. The molecule has 27 heavy (non-hydrogen) atoms. The summed E-state index contributed by atoms with van der Waals surface area (Å²) in [4.78, 5) is 28.0. The zero-order valence-electron chi connectivity index (χ0n) is 14.8. The van der Waals surface area contributed by atoms with Crippen molar-refractivity contribution in [1.82, 2.24) is 4.57 Å². The molecule has 0 fully saturated rings. The molecule has 2 aromatic carbocycles. The van der Waals surface area contributed by atoms with Crippen LogP contribution < -0.4 is 14.5 Å². The highest BCUT2D eigenvalue weighted by Crippen LogP contribution is 2.45. The summed E-state index contributed by atoms with van der Waals surface area (Å²) in [7, 11) is 3.33. The molecule has 7 heteroatoms. The topological polar surface area (TPSA) is 51.5 Å². The molecule has 5 nitrogen and oxygen atoms in total. The predicted molar refractivity (Wildman–Crippen MR) is 110 cm³/mol. The smallest absolute Gasteiger partial charge is 0.308 e. The quantitative estimate of drug-likeness (QED) is 0.600. The van der Waals surface area contributed by atoms with Gasteiger partial charge >= 0.3 is 4.87 Å². The maximum atomic E-state index is 13.1. The van der Waals surface area contributed by atoms with Crippen molar-refractivity contribution >= 4 is 44.7 Å². The average molecular weight is 445 g/mol. The largest absolute Gasteiger partial charge is 0.497 e. The number of benzene rings is 2. The lowest BCUT2D eigenvalue weighted by Gasteiger charge is -2.32. The summed E-state index contributed by atoms with van der Waals surface area (Å²) in [5, 5.41) is 0. The lowest BCUT2D eigenvalue weighted by molar-refractivity contribution is -0.118. The van der Waals surface area contributed by atoms with Crippen LogP contribution in [0.1, 0.15) is 22.8 Å². The Kier molecular flexibility index (Phi) is 4.65. The van der Waals surface area contributed by atoms with Gasteiger partial charge in [0.2, 0.25) is 5.91 Å². The number of carbonyl (C=O) groups is 1. The molecule has 0 N–H and O–H groups in total. The SMILES string of the molecule is COc1cccc(C2CC(=O)N(c3ccc(Br)cc3)c3c2sc(=O)n3C)c1.